The number of amides is 2. The van der Waals surface area contributed by atoms with Gasteiger partial charge < -0.3 is 40.0 Å². The molecule has 2 aliphatic rings. The van der Waals surface area contributed by atoms with Gasteiger partial charge in [-0.15, -0.1) is 11.3 Å². The number of methoxy groups -OCH3 is 1. The fourth-order valence-electron chi connectivity index (χ4n) is 6.59. The molecule has 0 bridgehead atoms. The van der Waals surface area contributed by atoms with Crippen LogP contribution in [0.3, 0.4) is 0 Å². The summed E-state index contributed by atoms with van der Waals surface area (Å²) in [7, 11) is -1.43. The third-order valence-corrected chi connectivity index (χ3v) is 11.9. The van der Waals surface area contributed by atoms with Crippen molar-refractivity contribution >= 4 is 88.7 Å². The van der Waals surface area contributed by atoms with Crippen molar-refractivity contribution in [3.05, 3.63) is 92.6 Å². The topological polar surface area (TPSA) is 171 Å². The van der Waals surface area contributed by atoms with E-state index < -0.39 is 33.7 Å². The van der Waals surface area contributed by atoms with E-state index in [1.54, 1.807) is 47.3 Å². The maximum Gasteiger partial charge on any atom is 0.288 e. The van der Waals surface area contributed by atoms with Gasteiger partial charge in [-0.2, -0.15) is 8.42 Å². The van der Waals surface area contributed by atoms with Crippen molar-refractivity contribution in [1.82, 2.24) is 4.57 Å². The van der Waals surface area contributed by atoms with Crippen molar-refractivity contribution in [2.24, 2.45) is 7.05 Å². The Morgan fingerprint density at radius 3 is 2.71 bits per heavy atom. The number of carbonyl (C=O) groups excluding carboxylic acids is 2. The number of hydrogen-bond acceptors (Lipinski definition) is 10. The quantitative estimate of drug-likeness (QED) is 0.0463. The number of para-hydroxylation sites is 1. The maximum absolute atomic E-state index is 13.9. The smallest absolute Gasteiger partial charge is 0.288 e. The minimum Gasteiger partial charge on any atom is -0.493 e. The summed E-state index contributed by atoms with van der Waals surface area (Å²) in [6.45, 7) is 0.108. The molecule has 0 spiro atoms. The Morgan fingerprint density at radius 2 is 1.92 bits per heavy atom. The molecule has 2 unspecified atom stereocenters. The summed E-state index contributed by atoms with van der Waals surface area (Å²) < 4.78 is 50.9. The molecule has 3 aromatic carbocycles. The predicted octanol–water partition coefficient (Wildman–Crippen LogP) is 5.96. The van der Waals surface area contributed by atoms with Crippen LogP contribution in [0.25, 0.3) is 10.1 Å². The molecule has 0 aliphatic carbocycles. The summed E-state index contributed by atoms with van der Waals surface area (Å²) in [4.78, 5) is 28.1. The summed E-state index contributed by atoms with van der Waals surface area (Å²) in [5, 5.41) is 19.4. The molecule has 2 amide bonds. The van der Waals surface area contributed by atoms with Gasteiger partial charge in [0, 0.05) is 41.8 Å². The predicted molar refractivity (Wildman–Crippen MR) is 205 cm³/mol. The van der Waals surface area contributed by atoms with E-state index in [-0.39, 0.29) is 48.1 Å². The van der Waals surface area contributed by atoms with Crippen LogP contribution in [0.5, 0.6) is 11.5 Å². The molecule has 5 aromatic rings. The van der Waals surface area contributed by atoms with Crippen molar-refractivity contribution in [1.29, 1.82) is 0 Å². The third kappa shape index (κ3) is 7.10. The Labute approximate surface area is 311 Å². The number of rotatable bonds is 11. The zero-order valence-corrected chi connectivity index (χ0v) is 31.2. The summed E-state index contributed by atoms with van der Waals surface area (Å²) in [5.74, 6) is -0.219. The van der Waals surface area contributed by atoms with Gasteiger partial charge in [-0.05, 0) is 88.8 Å². The monoisotopic (exact) mass is 843 g/mol. The summed E-state index contributed by atoms with van der Waals surface area (Å²) in [6.07, 6.45) is 1.40. The van der Waals surface area contributed by atoms with Gasteiger partial charge in [0.05, 0.1) is 45.3 Å². The molecule has 51 heavy (non-hydrogen) atoms. The fraction of sp³-hybridized carbons (Fsp3) is 0.257. The van der Waals surface area contributed by atoms with Crippen molar-refractivity contribution < 1.29 is 37.1 Å². The first kappa shape index (κ1) is 35.1. The zero-order chi connectivity index (χ0) is 36.0. The Bertz CT molecular complexity index is 2270. The first-order valence-corrected chi connectivity index (χ1v) is 19.4. The number of hydrogen-bond donors (Lipinski definition) is 5. The first-order valence-electron chi connectivity index (χ1n) is 16.0. The van der Waals surface area contributed by atoms with E-state index >= 15 is 0 Å². The lowest BCUT2D eigenvalue weighted by atomic mass is 10.1. The number of fused-ring (bicyclic) bond motifs is 5. The lowest BCUT2D eigenvalue weighted by Crippen LogP contribution is -2.49. The number of aliphatic hydroxyl groups is 1. The number of thiophene rings is 1. The van der Waals surface area contributed by atoms with Gasteiger partial charge in [0.1, 0.15) is 0 Å². The van der Waals surface area contributed by atoms with Crippen LogP contribution in [0, 0.1) is 2.88 Å². The highest BCUT2D eigenvalue weighted by Crippen LogP contribution is 2.43. The lowest BCUT2D eigenvalue weighted by molar-refractivity contribution is -0.116. The van der Waals surface area contributed by atoms with E-state index in [2.05, 4.69) is 44.6 Å². The largest absolute Gasteiger partial charge is 0.493 e. The van der Waals surface area contributed by atoms with Crippen LogP contribution in [0.15, 0.2) is 72.9 Å². The lowest BCUT2D eigenvalue weighted by Gasteiger charge is -2.27. The van der Waals surface area contributed by atoms with Crippen LogP contribution < -0.4 is 30.3 Å². The molecule has 266 valence electrons. The molecular formula is C35H34IN5O8S2. The van der Waals surface area contributed by atoms with E-state index in [4.69, 9.17) is 9.47 Å². The molecule has 0 saturated carbocycles. The minimum atomic E-state index is -4.64. The SMILES string of the molecule is COc1cc2c(cc1OCCCC(=O)Nc1cc(C(O)Nc3ccc4sc(I)cc4c3)n(C)c1)NC(S(=O)(=O)O)[C@@H]1Cc3ccccc3N1C2=O. The second-order valence-corrected chi connectivity index (χ2v) is 16.8. The molecule has 16 heteroatoms. The van der Waals surface area contributed by atoms with E-state index in [1.165, 1.54) is 31.7 Å². The fourth-order valence-corrected chi connectivity index (χ4v) is 9.30. The van der Waals surface area contributed by atoms with Crippen LogP contribution in [0.4, 0.5) is 22.7 Å². The van der Waals surface area contributed by atoms with Gasteiger partial charge >= 0.3 is 0 Å². The highest BCUT2D eigenvalue weighted by Gasteiger charge is 2.47. The first-order chi connectivity index (χ1) is 24.4. The molecule has 2 aromatic heterocycles. The Hall–Kier alpha value is -4.36. The van der Waals surface area contributed by atoms with E-state index in [0.29, 0.717) is 23.5 Å². The van der Waals surface area contributed by atoms with Crippen molar-refractivity contribution in [2.45, 2.75) is 36.9 Å². The molecule has 0 saturated heterocycles. The number of carbonyl (C=O) groups is 2. The van der Waals surface area contributed by atoms with Crippen LogP contribution >= 0.6 is 33.9 Å². The number of aliphatic hydroxyl groups excluding tert-OH is 1. The highest BCUT2D eigenvalue weighted by molar-refractivity contribution is 14.1. The number of aryl methyl sites for hydroxylation is 1. The van der Waals surface area contributed by atoms with Crippen molar-refractivity contribution in [3.63, 3.8) is 0 Å². The molecule has 4 heterocycles. The summed E-state index contributed by atoms with van der Waals surface area (Å²) in [6, 6.07) is 18.9. The molecule has 13 nitrogen and oxygen atoms in total. The number of nitrogens with zero attached hydrogens (tertiary/aromatic N) is 2. The van der Waals surface area contributed by atoms with Gasteiger partial charge in [0.25, 0.3) is 16.0 Å². The van der Waals surface area contributed by atoms with Gasteiger partial charge in [0.15, 0.2) is 23.1 Å². The van der Waals surface area contributed by atoms with Crippen LogP contribution in [-0.4, -0.2) is 59.6 Å². The average Bonchev–Trinajstić information content (AvgIpc) is 3.75. The van der Waals surface area contributed by atoms with E-state index in [1.807, 2.05) is 30.3 Å². The number of aromatic nitrogens is 1. The second kappa shape index (κ2) is 14.0. The Balaban J connectivity index is 0.984. The third-order valence-electron chi connectivity index (χ3n) is 8.94. The normalized spacial score (nSPS) is 17.2. The molecule has 7 rings (SSSR count). The molecule has 2 aliphatic heterocycles. The van der Waals surface area contributed by atoms with Gasteiger partial charge in [0.2, 0.25) is 5.91 Å². The Kier molecular flexibility index (Phi) is 9.61. The number of anilines is 4. The van der Waals surface area contributed by atoms with Crippen LogP contribution in [0.1, 0.15) is 40.7 Å². The molecular weight excluding hydrogens is 809 g/mol. The minimum absolute atomic E-state index is 0.108. The number of nitrogens with one attached hydrogen (secondary N) is 3. The second-order valence-electron chi connectivity index (χ2n) is 12.3. The average molecular weight is 844 g/mol. The van der Waals surface area contributed by atoms with E-state index in [9.17, 15) is 27.7 Å². The molecule has 5 N–H and O–H groups in total. The number of halogens is 1. The van der Waals surface area contributed by atoms with Crippen molar-refractivity contribution in [2.75, 3.05) is 34.6 Å². The highest BCUT2D eigenvalue weighted by atomic mass is 127. The number of benzene rings is 3. The zero-order valence-electron chi connectivity index (χ0n) is 27.4. The van der Waals surface area contributed by atoms with Crippen molar-refractivity contribution in [3.8, 4) is 11.5 Å². The summed E-state index contributed by atoms with van der Waals surface area (Å²) >= 11 is 3.99. The van der Waals surface area contributed by atoms with E-state index in [0.717, 1.165) is 16.6 Å². The number of ether oxygens (including phenoxy) is 2. The standard InChI is InChI=1S/C35H34IN5O8S2/c1-40-18-22(15-26(40)33(43)38-21-9-10-30-20(12-21)14-31(36)50-30)37-32(42)8-5-11-49-29-17-24-23(16-28(29)48-2)35(44)41-25-7-4-3-6-19(25)13-27(41)34(39-24)51(45,46)47/h3-4,6-7,9-10,12,14-18,27,33-34,38-39,43H,5,8,11,13H2,1-2H3,(H,37,42)(H,45,46,47)/t27-,33?,34?/m0/s1. The van der Waals surface area contributed by atoms with Crippen LogP contribution in [0.2, 0.25) is 0 Å². The Morgan fingerprint density at radius 1 is 1.12 bits per heavy atom. The van der Waals surface area contributed by atoms with Crippen LogP contribution in [-0.2, 0) is 28.4 Å². The molecule has 0 fully saturated rings. The summed E-state index contributed by atoms with van der Waals surface area (Å²) in [5.41, 5.74) is 3.57. The van der Waals surface area contributed by atoms with Gasteiger partial charge in [-0.25, -0.2) is 0 Å². The molecule has 0 radical (unpaired) electrons. The maximum atomic E-state index is 13.9. The van der Waals surface area contributed by atoms with Gasteiger partial charge in [-0.1, -0.05) is 18.2 Å². The molecule has 3 atom stereocenters. The van der Waals surface area contributed by atoms with Gasteiger partial charge in [-0.3, -0.25) is 14.1 Å².